The molecular weight excluding hydrogens is 366 g/mol. The van der Waals surface area contributed by atoms with E-state index in [0.717, 1.165) is 6.54 Å². The molecule has 8 heteroatoms. The van der Waals surface area contributed by atoms with E-state index in [1.165, 1.54) is 13.8 Å². The van der Waals surface area contributed by atoms with Crippen molar-refractivity contribution in [1.82, 2.24) is 4.90 Å². The van der Waals surface area contributed by atoms with Gasteiger partial charge in [0.25, 0.3) is 0 Å². The summed E-state index contributed by atoms with van der Waals surface area (Å²) in [5, 5.41) is 10.5. The normalized spacial score (nSPS) is 40.9. The van der Waals surface area contributed by atoms with Crippen molar-refractivity contribution in [2.24, 2.45) is 11.8 Å². The van der Waals surface area contributed by atoms with Crippen LogP contribution in [0.25, 0.3) is 0 Å². The van der Waals surface area contributed by atoms with Crippen LogP contribution in [0, 0.1) is 11.8 Å². The van der Waals surface area contributed by atoms with Crippen molar-refractivity contribution in [3.05, 3.63) is 11.6 Å². The minimum atomic E-state index is -1.54. The largest absolute Gasteiger partial charge is 0.462 e. The van der Waals surface area contributed by atoms with Crippen LogP contribution in [0.1, 0.15) is 40.5 Å². The number of aliphatic hydroxyl groups excluding tert-OH is 1. The van der Waals surface area contributed by atoms with Crippen LogP contribution in [0.2, 0.25) is 0 Å². The molecule has 3 saturated heterocycles. The maximum absolute atomic E-state index is 12.9. The van der Waals surface area contributed by atoms with E-state index in [4.69, 9.17) is 14.2 Å². The minimum Gasteiger partial charge on any atom is -0.462 e. The summed E-state index contributed by atoms with van der Waals surface area (Å²) in [7, 11) is 0. The molecule has 0 aromatic heterocycles. The van der Waals surface area contributed by atoms with Gasteiger partial charge in [0.2, 0.25) is 5.60 Å². The van der Waals surface area contributed by atoms with Crippen molar-refractivity contribution in [1.29, 1.82) is 0 Å². The lowest BCUT2D eigenvalue weighted by Gasteiger charge is -2.35. The maximum atomic E-state index is 12.9. The molecule has 28 heavy (non-hydrogen) atoms. The molecule has 6 unspecified atom stereocenters. The molecule has 0 radical (unpaired) electrons. The van der Waals surface area contributed by atoms with E-state index in [9.17, 15) is 19.5 Å². The first kappa shape index (κ1) is 20.8. The number of hydrogen-bond donors (Lipinski definition) is 1. The Hall–Kier alpha value is -1.93. The lowest BCUT2D eigenvalue weighted by atomic mass is 9.84. The van der Waals surface area contributed by atoms with E-state index in [1.807, 2.05) is 0 Å². The second-order valence-electron chi connectivity index (χ2n) is 8.17. The average molecular weight is 395 g/mol. The van der Waals surface area contributed by atoms with Gasteiger partial charge in [-0.1, -0.05) is 13.0 Å². The summed E-state index contributed by atoms with van der Waals surface area (Å²) in [5.74, 6) is -2.58. The number of esters is 3. The van der Waals surface area contributed by atoms with Gasteiger partial charge in [0.05, 0.1) is 18.8 Å². The van der Waals surface area contributed by atoms with Gasteiger partial charge >= 0.3 is 17.9 Å². The molecule has 3 aliphatic rings. The number of cyclic esters (lactones) is 1. The molecule has 6 atom stereocenters. The van der Waals surface area contributed by atoms with E-state index < -0.39 is 35.5 Å². The number of hydrogen-bond acceptors (Lipinski definition) is 8. The second kappa shape index (κ2) is 7.83. The first-order valence-corrected chi connectivity index (χ1v) is 9.82. The predicted molar refractivity (Wildman–Crippen MR) is 98.0 cm³/mol. The lowest BCUT2D eigenvalue weighted by molar-refractivity contribution is -0.188. The molecule has 156 valence electrons. The monoisotopic (exact) mass is 395 g/mol. The highest BCUT2D eigenvalue weighted by molar-refractivity contribution is 5.89. The van der Waals surface area contributed by atoms with Gasteiger partial charge < -0.3 is 19.3 Å². The van der Waals surface area contributed by atoms with E-state index in [-0.39, 0.29) is 31.1 Å². The lowest BCUT2D eigenvalue weighted by Crippen LogP contribution is -2.49. The van der Waals surface area contributed by atoms with Gasteiger partial charge in [-0.3, -0.25) is 9.69 Å². The smallest absolute Gasteiger partial charge is 0.350 e. The predicted octanol–water partition coefficient (Wildman–Crippen LogP) is 0.814. The highest BCUT2D eigenvalue weighted by Crippen LogP contribution is 2.37. The standard InChI is InChI=1S/C20H29NO7/c1-5-13-8-11(2)20(4,28-12(3)22)19(25)26-10-14-15(23)9-21-7-6-16(17(14)21)27-18(13)24/h5,11,14-17,23H,6-10H2,1-4H3. The molecular formula is C20H29NO7. The number of aliphatic hydroxyl groups is 1. The molecule has 0 bridgehead atoms. The van der Waals surface area contributed by atoms with Crippen LogP contribution in [0.4, 0.5) is 0 Å². The number of nitrogens with zero attached hydrogens (tertiary/aromatic N) is 1. The first-order valence-electron chi connectivity index (χ1n) is 9.82. The van der Waals surface area contributed by atoms with Crippen LogP contribution in [-0.4, -0.2) is 71.5 Å². The highest BCUT2D eigenvalue weighted by atomic mass is 16.6. The maximum Gasteiger partial charge on any atom is 0.350 e. The first-order chi connectivity index (χ1) is 13.2. The summed E-state index contributed by atoms with van der Waals surface area (Å²) < 4.78 is 16.7. The molecule has 3 heterocycles. The Morgan fingerprint density at radius 2 is 2.11 bits per heavy atom. The SMILES string of the molecule is CC=C1CC(C)C(C)(OC(C)=O)C(=O)OCC2C(O)CN3CCC(OC1=O)C23. The van der Waals surface area contributed by atoms with Crippen LogP contribution in [0.5, 0.6) is 0 Å². The molecule has 0 aliphatic carbocycles. The van der Waals surface area contributed by atoms with Crippen molar-refractivity contribution in [2.45, 2.75) is 64.4 Å². The van der Waals surface area contributed by atoms with Gasteiger partial charge in [-0.15, -0.1) is 0 Å². The number of carbonyl (C=O) groups excluding carboxylic acids is 3. The quantitative estimate of drug-likeness (QED) is 0.395. The Bertz CT molecular complexity index is 690. The molecule has 8 nitrogen and oxygen atoms in total. The zero-order valence-corrected chi connectivity index (χ0v) is 16.8. The summed E-state index contributed by atoms with van der Waals surface area (Å²) in [5.41, 5.74) is -1.12. The van der Waals surface area contributed by atoms with Gasteiger partial charge in [0, 0.05) is 37.4 Å². The van der Waals surface area contributed by atoms with Crippen molar-refractivity contribution >= 4 is 17.9 Å². The van der Waals surface area contributed by atoms with E-state index in [2.05, 4.69) is 4.90 Å². The Balaban J connectivity index is 1.95. The third-order valence-corrected chi connectivity index (χ3v) is 6.36. The summed E-state index contributed by atoms with van der Waals surface area (Å²) >= 11 is 0. The molecule has 0 spiro atoms. The fraction of sp³-hybridized carbons (Fsp3) is 0.750. The van der Waals surface area contributed by atoms with Crippen molar-refractivity contribution < 1.29 is 33.7 Å². The third kappa shape index (κ3) is 3.67. The summed E-state index contributed by atoms with van der Waals surface area (Å²) in [6.45, 7) is 7.35. The summed E-state index contributed by atoms with van der Waals surface area (Å²) in [6.07, 6.45) is 1.53. The van der Waals surface area contributed by atoms with Crippen LogP contribution >= 0.6 is 0 Å². The van der Waals surface area contributed by atoms with Crippen molar-refractivity contribution in [3.63, 3.8) is 0 Å². The Kier molecular flexibility index (Phi) is 5.82. The van der Waals surface area contributed by atoms with Crippen molar-refractivity contribution in [2.75, 3.05) is 19.7 Å². The van der Waals surface area contributed by atoms with Gasteiger partial charge in [0.1, 0.15) is 6.10 Å². The van der Waals surface area contributed by atoms with Crippen LogP contribution in [-0.2, 0) is 28.6 Å². The highest BCUT2D eigenvalue weighted by Gasteiger charge is 2.52. The van der Waals surface area contributed by atoms with Crippen LogP contribution in [0.3, 0.4) is 0 Å². The van der Waals surface area contributed by atoms with Gasteiger partial charge in [-0.25, -0.2) is 9.59 Å². The molecule has 1 N–H and O–H groups in total. The molecule has 3 rings (SSSR count). The number of rotatable bonds is 1. The Labute approximate surface area is 164 Å². The van der Waals surface area contributed by atoms with Gasteiger partial charge in [-0.05, 0) is 26.7 Å². The fourth-order valence-corrected chi connectivity index (χ4v) is 4.56. The zero-order valence-electron chi connectivity index (χ0n) is 16.8. The van der Waals surface area contributed by atoms with E-state index >= 15 is 0 Å². The molecule has 0 amide bonds. The second-order valence-corrected chi connectivity index (χ2v) is 8.17. The summed E-state index contributed by atoms with van der Waals surface area (Å²) in [4.78, 5) is 39.4. The molecule has 0 aromatic rings. The third-order valence-electron chi connectivity index (χ3n) is 6.36. The fourth-order valence-electron chi connectivity index (χ4n) is 4.56. The number of ether oxygens (including phenoxy) is 3. The van der Waals surface area contributed by atoms with Gasteiger partial charge in [-0.2, -0.15) is 0 Å². The molecule has 0 saturated carbocycles. The number of allylic oxidation sites excluding steroid dienone is 1. The zero-order chi connectivity index (χ0) is 20.6. The summed E-state index contributed by atoms with van der Waals surface area (Å²) in [6, 6.07) is -0.193. The average Bonchev–Trinajstić information content (AvgIpc) is 3.14. The Morgan fingerprint density at radius 1 is 1.39 bits per heavy atom. The number of carbonyl (C=O) groups is 3. The molecule has 3 fully saturated rings. The molecule has 3 aliphatic heterocycles. The van der Waals surface area contributed by atoms with E-state index in [1.54, 1.807) is 19.9 Å². The minimum absolute atomic E-state index is 0.0186. The van der Waals surface area contributed by atoms with Gasteiger partial charge in [0.15, 0.2) is 0 Å². The Morgan fingerprint density at radius 3 is 2.75 bits per heavy atom. The molecule has 0 aromatic carbocycles. The topological polar surface area (TPSA) is 102 Å². The van der Waals surface area contributed by atoms with E-state index in [0.29, 0.717) is 18.5 Å². The van der Waals surface area contributed by atoms with Crippen LogP contribution in [0.15, 0.2) is 11.6 Å². The van der Waals surface area contributed by atoms with Crippen LogP contribution < -0.4 is 0 Å². The van der Waals surface area contributed by atoms with Crippen molar-refractivity contribution in [3.8, 4) is 0 Å².